The third-order valence-electron chi connectivity index (χ3n) is 4.16. The van der Waals surface area contributed by atoms with Crippen LogP contribution in [0, 0.1) is 0 Å². The lowest BCUT2D eigenvalue weighted by molar-refractivity contribution is -0.155. The largest absolute Gasteiger partial charge is 0.460 e. The van der Waals surface area contributed by atoms with Crippen LogP contribution in [0.5, 0.6) is 0 Å². The standard InChI is InChI=1S/C18H33N3O5/c1-6-13-12-20(17(24)25-7-2)10-11-21(13)16(23)14(19)8-9-15(22)26-18(3,4)5/h13-14H,6-12,19H2,1-5H3/t13?,14-/m0/s1. The van der Waals surface area contributed by atoms with Gasteiger partial charge in [-0.15, -0.1) is 0 Å². The first-order chi connectivity index (χ1) is 12.1. The van der Waals surface area contributed by atoms with E-state index in [1.807, 2.05) is 6.92 Å². The van der Waals surface area contributed by atoms with E-state index in [2.05, 4.69) is 0 Å². The van der Waals surface area contributed by atoms with Gasteiger partial charge in [0.05, 0.1) is 12.6 Å². The second-order valence-corrected chi connectivity index (χ2v) is 7.47. The Morgan fingerprint density at radius 3 is 2.38 bits per heavy atom. The van der Waals surface area contributed by atoms with Gasteiger partial charge >= 0.3 is 12.1 Å². The lowest BCUT2D eigenvalue weighted by atomic mass is 10.1. The molecule has 2 atom stereocenters. The Balaban J connectivity index is 2.57. The molecule has 26 heavy (non-hydrogen) atoms. The van der Waals surface area contributed by atoms with E-state index in [9.17, 15) is 14.4 Å². The number of amides is 2. The number of nitrogens with two attached hydrogens (primary N) is 1. The van der Waals surface area contributed by atoms with Crippen LogP contribution in [-0.4, -0.2) is 71.7 Å². The summed E-state index contributed by atoms with van der Waals surface area (Å²) in [5.41, 5.74) is 5.46. The predicted octanol–water partition coefficient (Wildman–Crippen LogP) is 1.51. The SMILES string of the molecule is CCOC(=O)N1CCN(C(=O)[C@@H](N)CCC(=O)OC(C)(C)C)C(CC)C1. The van der Waals surface area contributed by atoms with Gasteiger partial charge in [-0.25, -0.2) is 4.79 Å². The average Bonchev–Trinajstić information content (AvgIpc) is 2.57. The van der Waals surface area contributed by atoms with Gasteiger partial charge in [0.1, 0.15) is 5.60 Å². The summed E-state index contributed by atoms with van der Waals surface area (Å²) in [6, 6.07) is -0.862. The quantitative estimate of drug-likeness (QED) is 0.710. The molecule has 1 rings (SSSR count). The number of hydrogen-bond acceptors (Lipinski definition) is 6. The fraction of sp³-hybridized carbons (Fsp3) is 0.833. The number of carbonyl (C=O) groups is 3. The van der Waals surface area contributed by atoms with Crippen molar-refractivity contribution in [1.82, 2.24) is 9.80 Å². The highest BCUT2D eigenvalue weighted by molar-refractivity contribution is 5.83. The number of esters is 1. The van der Waals surface area contributed by atoms with Gasteiger partial charge in [0.15, 0.2) is 0 Å². The first-order valence-electron chi connectivity index (χ1n) is 9.28. The lowest BCUT2D eigenvalue weighted by Crippen LogP contribution is -2.59. The molecule has 1 saturated heterocycles. The van der Waals surface area contributed by atoms with Crippen LogP contribution in [0.2, 0.25) is 0 Å². The Bertz CT molecular complexity index is 504. The summed E-state index contributed by atoms with van der Waals surface area (Å²) in [6.45, 7) is 10.7. The van der Waals surface area contributed by atoms with Crippen molar-refractivity contribution in [1.29, 1.82) is 0 Å². The highest BCUT2D eigenvalue weighted by Gasteiger charge is 2.34. The fourth-order valence-electron chi connectivity index (χ4n) is 2.88. The highest BCUT2D eigenvalue weighted by Crippen LogP contribution is 2.16. The Morgan fingerprint density at radius 1 is 1.19 bits per heavy atom. The van der Waals surface area contributed by atoms with Crippen molar-refractivity contribution < 1.29 is 23.9 Å². The minimum atomic E-state index is -0.759. The van der Waals surface area contributed by atoms with Gasteiger partial charge in [-0.2, -0.15) is 0 Å². The maximum atomic E-state index is 12.7. The summed E-state index contributed by atoms with van der Waals surface area (Å²) in [6.07, 6.45) is 0.694. The molecule has 1 aliphatic rings. The van der Waals surface area contributed by atoms with Gasteiger partial charge in [0.2, 0.25) is 5.91 Å². The Hall–Kier alpha value is -1.83. The van der Waals surface area contributed by atoms with Gasteiger partial charge in [-0.1, -0.05) is 6.92 Å². The van der Waals surface area contributed by atoms with Crippen LogP contribution in [0.1, 0.15) is 53.9 Å². The van der Waals surface area contributed by atoms with E-state index in [1.54, 1.807) is 37.5 Å². The zero-order valence-electron chi connectivity index (χ0n) is 16.6. The third kappa shape index (κ3) is 6.82. The fourth-order valence-corrected chi connectivity index (χ4v) is 2.88. The van der Waals surface area contributed by atoms with Crippen molar-refractivity contribution in [2.75, 3.05) is 26.2 Å². The minimum absolute atomic E-state index is 0.101. The minimum Gasteiger partial charge on any atom is -0.460 e. The van der Waals surface area contributed by atoms with Gasteiger partial charge in [0, 0.05) is 32.1 Å². The molecular formula is C18H33N3O5. The van der Waals surface area contributed by atoms with Crippen molar-refractivity contribution in [3.05, 3.63) is 0 Å². The maximum Gasteiger partial charge on any atom is 0.409 e. The van der Waals surface area contributed by atoms with Crippen LogP contribution >= 0.6 is 0 Å². The van der Waals surface area contributed by atoms with E-state index in [0.717, 1.165) is 0 Å². The predicted molar refractivity (Wildman–Crippen MR) is 97.4 cm³/mol. The van der Waals surface area contributed by atoms with E-state index in [-0.39, 0.29) is 36.9 Å². The molecule has 8 heteroatoms. The molecule has 0 radical (unpaired) electrons. The van der Waals surface area contributed by atoms with Crippen molar-refractivity contribution in [2.45, 2.75) is 71.6 Å². The van der Waals surface area contributed by atoms with Crippen molar-refractivity contribution in [3.8, 4) is 0 Å². The topological polar surface area (TPSA) is 102 Å². The molecule has 0 bridgehead atoms. The van der Waals surface area contributed by atoms with Crippen molar-refractivity contribution >= 4 is 18.0 Å². The molecule has 8 nitrogen and oxygen atoms in total. The molecule has 0 spiro atoms. The molecule has 0 aromatic heterocycles. The average molecular weight is 371 g/mol. The molecule has 0 aromatic rings. The molecule has 0 aromatic carbocycles. The number of ether oxygens (including phenoxy) is 2. The van der Waals surface area contributed by atoms with Crippen LogP contribution in [0.15, 0.2) is 0 Å². The number of rotatable bonds is 6. The zero-order chi connectivity index (χ0) is 19.9. The molecule has 1 heterocycles. The van der Waals surface area contributed by atoms with Crippen molar-refractivity contribution in [2.24, 2.45) is 5.73 Å². The van der Waals surface area contributed by atoms with Crippen LogP contribution in [0.3, 0.4) is 0 Å². The molecule has 150 valence electrons. The Kier molecular flexibility index (Phi) is 8.33. The summed E-state index contributed by atoms with van der Waals surface area (Å²) in [4.78, 5) is 39.7. The normalized spacial score (nSPS) is 19.1. The smallest absolute Gasteiger partial charge is 0.409 e. The van der Waals surface area contributed by atoms with E-state index >= 15 is 0 Å². The van der Waals surface area contributed by atoms with Crippen LogP contribution < -0.4 is 5.73 Å². The van der Waals surface area contributed by atoms with Crippen LogP contribution in [0.25, 0.3) is 0 Å². The van der Waals surface area contributed by atoms with Gasteiger partial charge in [0.25, 0.3) is 0 Å². The maximum absolute atomic E-state index is 12.7. The van der Waals surface area contributed by atoms with Crippen LogP contribution in [-0.2, 0) is 19.1 Å². The van der Waals surface area contributed by atoms with E-state index in [0.29, 0.717) is 32.7 Å². The first-order valence-corrected chi connectivity index (χ1v) is 9.28. The summed E-state index contributed by atoms with van der Waals surface area (Å²) in [7, 11) is 0. The molecular weight excluding hydrogens is 338 g/mol. The number of hydrogen-bond donors (Lipinski definition) is 1. The number of nitrogens with zero attached hydrogens (tertiary/aromatic N) is 2. The van der Waals surface area contributed by atoms with E-state index in [1.165, 1.54) is 0 Å². The Labute approximate surface area is 156 Å². The van der Waals surface area contributed by atoms with Crippen molar-refractivity contribution in [3.63, 3.8) is 0 Å². The summed E-state index contributed by atoms with van der Waals surface area (Å²) < 4.78 is 10.3. The molecule has 0 saturated carbocycles. The Morgan fingerprint density at radius 2 is 1.85 bits per heavy atom. The summed E-state index contributed by atoms with van der Waals surface area (Å²) in [5, 5.41) is 0. The molecule has 0 aliphatic carbocycles. The monoisotopic (exact) mass is 371 g/mol. The molecule has 1 fully saturated rings. The zero-order valence-corrected chi connectivity index (χ0v) is 16.6. The third-order valence-corrected chi connectivity index (χ3v) is 4.16. The summed E-state index contributed by atoms with van der Waals surface area (Å²) in [5.74, 6) is -0.552. The number of carbonyl (C=O) groups excluding carboxylic acids is 3. The van der Waals surface area contributed by atoms with Gasteiger partial charge in [-0.3, -0.25) is 9.59 Å². The second-order valence-electron chi connectivity index (χ2n) is 7.47. The first kappa shape index (κ1) is 22.2. The molecule has 1 aliphatic heterocycles. The molecule has 2 N–H and O–H groups in total. The second kappa shape index (κ2) is 9.75. The van der Waals surface area contributed by atoms with Gasteiger partial charge in [-0.05, 0) is 40.5 Å². The van der Waals surface area contributed by atoms with Gasteiger partial charge < -0.3 is 25.0 Å². The molecule has 2 amide bonds. The van der Waals surface area contributed by atoms with E-state index < -0.39 is 11.6 Å². The molecule has 1 unspecified atom stereocenters. The summed E-state index contributed by atoms with van der Waals surface area (Å²) >= 11 is 0. The highest BCUT2D eigenvalue weighted by atomic mass is 16.6. The van der Waals surface area contributed by atoms with Crippen LogP contribution in [0.4, 0.5) is 4.79 Å². The lowest BCUT2D eigenvalue weighted by Gasteiger charge is -2.41. The number of piperazine rings is 1. The van der Waals surface area contributed by atoms with E-state index in [4.69, 9.17) is 15.2 Å².